The second-order valence-electron chi connectivity index (χ2n) is 6.10. The zero-order chi connectivity index (χ0) is 22.8. The molecule has 1 aliphatic rings. The molecule has 0 atom stereocenters. The first kappa shape index (κ1) is 22.8. The normalized spacial score (nSPS) is 16.5. The summed E-state index contributed by atoms with van der Waals surface area (Å²) in [5.74, 6) is 0.780. The molecule has 2 aromatic rings. The second kappa shape index (κ2) is 9.11. The molecule has 0 bridgehead atoms. The maximum atomic E-state index is 13.0. The van der Waals surface area contributed by atoms with Crippen LogP contribution >= 0.6 is 23.4 Å². The van der Waals surface area contributed by atoms with E-state index in [0.717, 1.165) is 23.9 Å². The number of carbonyl (C=O) groups excluding carboxylic acids is 1. The number of hydrogen-bond acceptors (Lipinski definition) is 6. The van der Waals surface area contributed by atoms with Crippen molar-refractivity contribution >= 4 is 46.2 Å². The molecule has 164 valence electrons. The minimum absolute atomic E-state index is 0.00793. The van der Waals surface area contributed by atoms with Gasteiger partial charge in [-0.3, -0.25) is 4.79 Å². The van der Waals surface area contributed by atoms with Crippen molar-refractivity contribution in [2.24, 2.45) is 4.99 Å². The highest BCUT2D eigenvalue weighted by Gasteiger charge is 2.33. The standard InChI is InChI=1S/C20H16ClF3N2O4S/c1-28-14-6-10(7-15(29-2)17(14)30-3)8-16-18(27)26-19(31-16)25-11-4-5-13(21)12(9-11)20(22,23)24/h4-9H,1-3H3,(H,25,26,27)/b16-8-. The van der Waals surface area contributed by atoms with Gasteiger partial charge in [-0.2, -0.15) is 13.2 Å². The number of rotatable bonds is 5. The van der Waals surface area contributed by atoms with Crippen LogP contribution in [0.2, 0.25) is 5.02 Å². The van der Waals surface area contributed by atoms with Gasteiger partial charge in [0.15, 0.2) is 16.7 Å². The molecule has 0 radical (unpaired) electrons. The summed E-state index contributed by atoms with van der Waals surface area (Å²) in [6.07, 6.45) is -3.03. The van der Waals surface area contributed by atoms with Crippen molar-refractivity contribution in [3.8, 4) is 17.2 Å². The van der Waals surface area contributed by atoms with E-state index in [0.29, 0.717) is 22.8 Å². The van der Waals surface area contributed by atoms with Gasteiger partial charge in [-0.05, 0) is 53.7 Å². The zero-order valence-electron chi connectivity index (χ0n) is 16.5. The molecule has 1 fully saturated rings. The minimum atomic E-state index is -4.61. The van der Waals surface area contributed by atoms with Gasteiger partial charge in [0, 0.05) is 0 Å². The number of amidine groups is 1. The number of alkyl halides is 3. The quantitative estimate of drug-likeness (QED) is 0.600. The Kier molecular flexibility index (Phi) is 6.71. The molecule has 1 aliphatic heterocycles. The van der Waals surface area contributed by atoms with Gasteiger partial charge in [0.1, 0.15) is 0 Å². The first-order chi connectivity index (χ1) is 14.7. The van der Waals surface area contributed by atoms with Crippen LogP contribution in [0.1, 0.15) is 11.1 Å². The number of ether oxygens (including phenoxy) is 3. The lowest BCUT2D eigenvalue weighted by Crippen LogP contribution is -2.19. The van der Waals surface area contributed by atoms with Gasteiger partial charge >= 0.3 is 6.18 Å². The largest absolute Gasteiger partial charge is 0.493 e. The Morgan fingerprint density at radius 3 is 2.26 bits per heavy atom. The molecular formula is C20H16ClF3N2O4S. The van der Waals surface area contributed by atoms with Gasteiger partial charge in [0.05, 0.1) is 42.5 Å². The van der Waals surface area contributed by atoms with Crippen molar-refractivity contribution in [3.63, 3.8) is 0 Å². The Balaban J connectivity index is 1.91. The molecule has 1 saturated heterocycles. The average molecular weight is 473 g/mol. The maximum Gasteiger partial charge on any atom is 0.417 e. The smallest absolute Gasteiger partial charge is 0.417 e. The van der Waals surface area contributed by atoms with E-state index in [9.17, 15) is 18.0 Å². The van der Waals surface area contributed by atoms with Crippen LogP contribution in [0.3, 0.4) is 0 Å². The van der Waals surface area contributed by atoms with E-state index in [1.54, 1.807) is 18.2 Å². The average Bonchev–Trinajstić information content (AvgIpc) is 3.06. The summed E-state index contributed by atoms with van der Waals surface area (Å²) in [4.78, 5) is 16.7. The number of benzene rings is 2. The first-order valence-electron chi connectivity index (χ1n) is 8.62. The predicted octanol–water partition coefficient (Wildman–Crippen LogP) is 5.28. The highest BCUT2D eigenvalue weighted by molar-refractivity contribution is 8.18. The molecule has 1 N–H and O–H groups in total. The summed E-state index contributed by atoms with van der Waals surface area (Å²) in [6, 6.07) is 6.58. The minimum Gasteiger partial charge on any atom is -0.493 e. The van der Waals surface area contributed by atoms with Crippen molar-refractivity contribution in [2.75, 3.05) is 21.3 Å². The van der Waals surface area contributed by atoms with Gasteiger partial charge in [-0.1, -0.05) is 11.6 Å². The highest BCUT2D eigenvalue weighted by atomic mass is 35.5. The number of hydrogen-bond donors (Lipinski definition) is 1. The Morgan fingerprint density at radius 2 is 1.71 bits per heavy atom. The van der Waals surface area contributed by atoms with Crippen LogP contribution in [0.4, 0.5) is 18.9 Å². The fourth-order valence-corrected chi connectivity index (χ4v) is 3.80. The third kappa shape index (κ3) is 5.08. The van der Waals surface area contributed by atoms with Crippen molar-refractivity contribution in [1.29, 1.82) is 0 Å². The van der Waals surface area contributed by atoms with Gasteiger partial charge in [-0.15, -0.1) is 0 Å². The van der Waals surface area contributed by atoms with Crippen LogP contribution in [0.5, 0.6) is 17.2 Å². The molecule has 0 spiro atoms. The Bertz CT molecular complexity index is 1060. The monoisotopic (exact) mass is 472 g/mol. The molecule has 1 heterocycles. The summed E-state index contributed by atoms with van der Waals surface area (Å²) < 4.78 is 55.0. The molecule has 2 aromatic carbocycles. The van der Waals surface area contributed by atoms with E-state index in [4.69, 9.17) is 25.8 Å². The van der Waals surface area contributed by atoms with Gasteiger partial charge < -0.3 is 19.5 Å². The Hall–Kier alpha value is -2.85. The number of carbonyl (C=O) groups is 1. The predicted molar refractivity (Wildman–Crippen MR) is 113 cm³/mol. The summed E-state index contributed by atoms with van der Waals surface area (Å²) >= 11 is 6.61. The van der Waals surface area contributed by atoms with E-state index in [1.165, 1.54) is 27.4 Å². The third-order valence-electron chi connectivity index (χ3n) is 4.12. The summed E-state index contributed by atoms with van der Waals surface area (Å²) in [6.45, 7) is 0. The van der Waals surface area contributed by atoms with E-state index < -0.39 is 22.7 Å². The van der Waals surface area contributed by atoms with Crippen LogP contribution in [-0.4, -0.2) is 32.4 Å². The van der Waals surface area contributed by atoms with Crippen molar-refractivity contribution in [3.05, 3.63) is 51.4 Å². The molecular weight excluding hydrogens is 457 g/mol. The zero-order valence-corrected chi connectivity index (χ0v) is 18.0. The summed E-state index contributed by atoms with van der Waals surface area (Å²) in [5.41, 5.74) is -0.397. The molecule has 6 nitrogen and oxygen atoms in total. The number of nitrogens with zero attached hydrogens (tertiary/aromatic N) is 1. The molecule has 11 heteroatoms. The van der Waals surface area contributed by atoms with Crippen LogP contribution in [0.15, 0.2) is 40.2 Å². The molecule has 0 aliphatic carbocycles. The van der Waals surface area contributed by atoms with E-state index in [1.807, 2.05) is 0 Å². The van der Waals surface area contributed by atoms with Gasteiger partial charge in [0.2, 0.25) is 5.75 Å². The highest BCUT2D eigenvalue weighted by Crippen LogP contribution is 2.40. The number of thioether (sulfide) groups is 1. The van der Waals surface area contributed by atoms with Crippen LogP contribution in [0.25, 0.3) is 6.08 Å². The molecule has 31 heavy (non-hydrogen) atoms. The topological polar surface area (TPSA) is 69.2 Å². The lowest BCUT2D eigenvalue weighted by atomic mass is 10.1. The number of halogens is 4. The van der Waals surface area contributed by atoms with Gasteiger partial charge in [-0.25, -0.2) is 4.99 Å². The Labute approximate surface area is 185 Å². The number of aliphatic imine (C=N–C) groups is 1. The van der Waals surface area contributed by atoms with Crippen LogP contribution in [0, 0.1) is 0 Å². The molecule has 1 amide bonds. The number of amides is 1. The molecule has 0 aromatic heterocycles. The number of nitrogens with one attached hydrogen (secondary N) is 1. The van der Waals surface area contributed by atoms with Crippen molar-refractivity contribution < 1.29 is 32.2 Å². The lowest BCUT2D eigenvalue weighted by molar-refractivity contribution is -0.137. The Morgan fingerprint density at radius 1 is 1.06 bits per heavy atom. The van der Waals surface area contributed by atoms with Crippen LogP contribution < -0.4 is 19.5 Å². The lowest BCUT2D eigenvalue weighted by Gasteiger charge is -2.12. The fraction of sp³-hybridized carbons (Fsp3) is 0.200. The molecule has 0 saturated carbocycles. The SMILES string of the molecule is COc1cc(/C=C2\SC(=Nc3ccc(Cl)c(C(F)(F)F)c3)NC2=O)cc(OC)c1OC. The molecule has 0 unspecified atom stereocenters. The van der Waals surface area contributed by atoms with Crippen LogP contribution in [-0.2, 0) is 11.0 Å². The van der Waals surface area contributed by atoms with Crippen molar-refractivity contribution in [2.45, 2.75) is 6.18 Å². The van der Waals surface area contributed by atoms with E-state index in [2.05, 4.69) is 10.3 Å². The maximum absolute atomic E-state index is 13.0. The van der Waals surface area contributed by atoms with Gasteiger partial charge in [0.25, 0.3) is 5.91 Å². The fourth-order valence-electron chi connectivity index (χ4n) is 2.73. The molecule has 3 rings (SSSR count). The summed E-state index contributed by atoms with van der Waals surface area (Å²) in [5, 5.41) is 2.24. The van der Waals surface area contributed by atoms with E-state index >= 15 is 0 Å². The number of methoxy groups -OCH3 is 3. The van der Waals surface area contributed by atoms with Crippen molar-refractivity contribution in [1.82, 2.24) is 5.32 Å². The third-order valence-corrected chi connectivity index (χ3v) is 5.36. The summed E-state index contributed by atoms with van der Waals surface area (Å²) in [7, 11) is 4.41. The first-order valence-corrected chi connectivity index (χ1v) is 9.82. The second-order valence-corrected chi connectivity index (χ2v) is 7.54. The van der Waals surface area contributed by atoms with E-state index in [-0.39, 0.29) is 15.8 Å².